The van der Waals surface area contributed by atoms with Gasteiger partial charge in [0.15, 0.2) is 23.3 Å². The number of hydrogen-bond donors (Lipinski definition) is 0. The number of benzene rings is 8. The third-order valence-corrected chi connectivity index (χ3v) is 12.9. The van der Waals surface area contributed by atoms with Gasteiger partial charge in [-0.25, -0.2) is 9.97 Å². The molecule has 13 rings (SSSR count). The highest BCUT2D eigenvalue weighted by Crippen LogP contribution is 2.45. The topological polar surface area (TPSA) is 87.2 Å². The highest BCUT2D eigenvalue weighted by Gasteiger charge is 2.27. The Kier molecular flexibility index (Phi) is 8.64. The fraction of sp³-hybridized carbons (Fsp3) is 0.0526. The second-order valence-electron chi connectivity index (χ2n) is 17.0. The van der Waals surface area contributed by atoms with Crippen LogP contribution in [0.1, 0.15) is 16.7 Å². The van der Waals surface area contributed by atoms with Crippen LogP contribution in [0.3, 0.4) is 0 Å². The molecule has 0 saturated heterocycles. The van der Waals surface area contributed by atoms with E-state index in [2.05, 4.69) is 94.9 Å². The molecule has 0 fully saturated rings. The number of aryl methyl sites for hydroxylation is 3. The van der Waals surface area contributed by atoms with Crippen molar-refractivity contribution in [2.24, 2.45) is 0 Å². The van der Waals surface area contributed by atoms with E-state index in [4.69, 9.17) is 37.8 Å². The first-order chi connectivity index (χ1) is 32.5. The minimum atomic E-state index is 0.535. The minimum Gasteiger partial charge on any atom is -0.278 e. The third kappa shape index (κ3) is 6.15. The standard InChI is InChI=1S/C57H37BN8/c1-34-22-28-49-45(30-34)43-27-26-41-42(51(43)66(49)57-63-54(37-18-10-4-11-19-37)60-55(64-57)38-20-12-5-13-21-38)25-23-39-31-46-47-32-40(58)24-29-48(47)65(50(46)33-44(39)41)56-61-52(35-14-6-2-7-15-35)59-53(62-56)36-16-8-3-9-17-36/h2-22,24,26-33H,23,25H2,1H3. The summed E-state index contributed by atoms with van der Waals surface area (Å²) in [5.74, 6) is 3.56. The SMILES string of the molecule is [B]c1ccc2c(c1)c1cc3c(cc1n2-c1nc(-c2ccccc2)nc(-c2ccccc2)n1)-c1ccc2c4cc(C)ccc4n(-c4nc(-c5ccccc5)nc(-c5ccccc5)n4)c2c1CC3. The van der Waals surface area contributed by atoms with Gasteiger partial charge in [0.1, 0.15) is 7.85 Å². The van der Waals surface area contributed by atoms with Crippen LogP contribution in [0, 0.1) is 6.92 Å². The summed E-state index contributed by atoms with van der Waals surface area (Å²) in [6.07, 6.45) is 1.68. The van der Waals surface area contributed by atoms with E-state index >= 15 is 0 Å². The zero-order chi connectivity index (χ0) is 43.9. The van der Waals surface area contributed by atoms with Gasteiger partial charge in [0.05, 0.1) is 22.1 Å². The largest absolute Gasteiger partial charge is 0.278 e. The lowest BCUT2D eigenvalue weighted by Gasteiger charge is -2.22. The first-order valence-corrected chi connectivity index (χ1v) is 22.2. The fourth-order valence-electron chi connectivity index (χ4n) is 9.86. The summed E-state index contributed by atoms with van der Waals surface area (Å²) in [5, 5.41) is 4.47. The molecule has 0 bridgehead atoms. The van der Waals surface area contributed by atoms with Crippen LogP contribution >= 0.6 is 0 Å². The first-order valence-electron chi connectivity index (χ1n) is 22.2. The van der Waals surface area contributed by atoms with Crippen molar-refractivity contribution in [3.63, 3.8) is 0 Å². The summed E-state index contributed by atoms with van der Waals surface area (Å²) in [6.45, 7) is 2.15. The van der Waals surface area contributed by atoms with Crippen LogP contribution < -0.4 is 5.46 Å². The highest BCUT2D eigenvalue weighted by atomic mass is 15.2. The van der Waals surface area contributed by atoms with E-state index in [9.17, 15) is 0 Å². The molecule has 0 saturated carbocycles. The van der Waals surface area contributed by atoms with Gasteiger partial charge < -0.3 is 0 Å². The molecule has 12 aromatic rings. The molecule has 2 radical (unpaired) electrons. The fourth-order valence-corrected chi connectivity index (χ4v) is 9.86. The Bertz CT molecular complexity index is 3750. The van der Waals surface area contributed by atoms with Gasteiger partial charge in [0.2, 0.25) is 11.9 Å². The van der Waals surface area contributed by atoms with E-state index in [1.165, 1.54) is 27.8 Å². The van der Waals surface area contributed by atoms with Crippen molar-refractivity contribution in [3.05, 3.63) is 199 Å². The summed E-state index contributed by atoms with van der Waals surface area (Å²) < 4.78 is 4.45. The number of hydrogen-bond acceptors (Lipinski definition) is 6. The molecule has 0 amide bonds. The van der Waals surface area contributed by atoms with Crippen molar-refractivity contribution in [1.82, 2.24) is 39.0 Å². The molecule has 0 unspecified atom stereocenters. The number of rotatable bonds is 6. The summed E-state index contributed by atoms with van der Waals surface area (Å²) in [7, 11) is 6.54. The van der Waals surface area contributed by atoms with Crippen molar-refractivity contribution in [1.29, 1.82) is 0 Å². The summed E-state index contributed by atoms with van der Waals surface area (Å²) in [4.78, 5) is 31.0. The smallest absolute Gasteiger partial charge is 0.238 e. The Hall–Kier alpha value is -8.56. The van der Waals surface area contributed by atoms with Gasteiger partial charge in [-0.2, -0.15) is 19.9 Å². The molecule has 0 spiro atoms. The predicted octanol–water partition coefficient (Wildman–Crippen LogP) is 11.8. The van der Waals surface area contributed by atoms with Crippen molar-refractivity contribution >= 4 is 56.9 Å². The average Bonchev–Trinajstić information content (AvgIpc) is 3.88. The van der Waals surface area contributed by atoms with E-state index in [1.54, 1.807) is 0 Å². The molecule has 308 valence electrons. The van der Waals surface area contributed by atoms with Crippen LogP contribution in [0.2, 0.25) is 0 Å². The maximum absolute atomic E-state index is 6.54. The van der Waals surface area contributed by atoms with Crippen LogP contribution in [0.15, 0.2) is 182 Å². The molecule has 1 aliphatic rings. The Balaban J connectivity index is 1.08. The Labute approximate surface area is 381 Å². The molecular weight excluding hydrogens is 807 g/mol. The maximum Gasteiger partial charge on any atom is 0.238 e. The van der Waals surface area contributed by atoms with Crippen LogP contribution in [-0.4, -0.2) is 46.9 Å². The van der Waals surface area contributed by atoms with Gasteiger partial charge in [0.25, 0.3) is 0 Å². The van der Waals surface area contributed by atoms with Crippen molar-refractivity contribution in [3.8, 4) is 68.6 Å². The van der Waals surface area contributed by atoms with Crippen molar-refractivity contribution in [2.75, 3.05) is 0 Å². The second-order valence-corrected chi connectivity index (χ2v) is 17.0. The Morgan fingerprint density at radius 1 is 0.394 bits per heavy atom. The molecule has 4 aromatic heterocycles. The predicted molar refractivity (Wildman–Crippen MR) is 267 cm³/mol. The number of aromatic nitrogens is 8. The van der Waals surface area contributed by atoms with E-state index in [0.29, 0.717) is 40.7 Å². The van der Waals surface area contributed by atoms with Crippen molar-refractivity contribution < 1.29 is 0 Å². The normalized spacial score (nSPS) is 12.3. The van der Waals surface area contributed by atoms with Crippen LogP contribution in [0.4, 0.5) is 0 Å². The zero-order valence-electron chi connectivity index (χ0n) is 35.9. The monoisotopic (exact) mass is 844 g/mol. The number of fused-ring (bicyclic) bond motifs is 10. The van der Waals surface area contributed by atoms with Gasteiger partial charge in [-0.3, -0.25) is 9.13 Å². The van der Waals surface area contributed by atoms with E-state index in [1.807, 2.05) is 103 Å². The van der Waals surface area contributed by atoms with Crippen LogP contribution in [-0.2, 0) is 12.8 Å². The van der Waals surface area contributed by atoms with Gasteiger partial charge in [-0.1, -0.05) is 163 Å². The van der Waals surface area contributed by atoms with Gasteiger partial charge in [0, 0.05) is 43.8 Å². The maximum atomic E-state index is 6.54. The molecule has 0 N–H and O–H groups in total. The van der Waals surface area contributed by atoms with Crippen LogP contribution in [0.25, 0.3) is 112 Å². The second kappa shape index (κ2) is 15.0. The zero-order valence-corrected chi connectivity index (χ0v) is 35.9. The first kappa shape index (κ1) is 38.0. The molecule has 9 heteroatoms. The summed E-state index contributed by atoms with van der Waals surface area (Å²) >= 11 is 0. The highest BCUT2D eigenvalue weighted by molar-refractivity contribution is 6.34. The molecule has 8 aromatic carbocycles. The van der Waals surface area contributed by atoms with Gasteiger partial charge in [-0.05, 0) is 72.4 Å². The third-order valence-electron chi connectivity index (χ3n) is 12.9. The van der Waals surface area contributed by atoms with E-state index in [0.717, 1.165) is 78.7 Å². The quantitative estimate of drug-likeness (QED) is 0.155. The molecular formula is C57H37BN8. The van der Waals surface area contributed by atoms with E-state index in [-0.39, 0.29) is 0 Å². The van der Waals surface area contributed by atoms with Crippen molar-refractivity contribution in [2.45, 2.75) is 19.8 Å². The summed E-state index contributed by atoms with van der Waals surface area (Å²) in [6, 6.07) is 62.6. The summed E-state index contributed by atoms with van der Waals surface area (Å²) in [5.41, 5.74) is 14.5. The molecule has 8 nitrogen and oxygen atoms in total. The molecule has 4 heterocycles. The van der Waals surface area contributed by atoms with E-state index < -0.39 is 0 Å². The lowest BCUT2D eigenvalue weighted by atomic mass is 9.83. The van der Waals surface area contributed by atoms with Crippen LogP contribution in [0.5, 0.6) is 0 Å². The lowest BCUT2D eigenvalue weighted by molar-refractivity contribution is 0.920. The molecule has 0 aliphatic heterocycles. The molecule has 0 atom stereocenters. The number of nitrogens with zero attached hydrogens (tertiary/aromatic N) is 8. The lowest BCUT2D eigenvalue weighted by Crippen LogP contribution is -2.10. The average molecular weight is 845 g/mol. The van der Waals surface area contributed by atoms with Gasteiger partial charge in [-0.15, -0.1) is 0 Å². The molecule has 66 heavy (non-hydrogen) atoms. The Morgan fingerprint density at radius 3 is 1.44 bits per heavy atom. The minimum absolute atomic E-state index is 0.535. The molecule has 1 aliphatic carbocycles. The Morgan fingerprint density at radius 2 is 0.879 bits per heavy atom. The van der Waals surface area contributed by atoms with Gasteiger partial charge >= 0.3 is 0 Å².